The summed E-state index contributed by atoms with van der Waals surface area (Å²) in [5.74, 6) is -0.119. The number of aryl methyl sites for hydroxylation is 2. The van der Waals surface area contributed by atoms with Crippen LogP contribution in [0.25, 0.3) is 5.69 Å². The minimum absolute atomic E-state index is 0.119. The van der Waals surface area contributed by atoms with E-state index in [2.05, 4.69) is 10.5 Å². The number of nitrogens with zero attached hydrogens (tertiary/aromatic N) is 2. The van der Waals surface area contributed by atoms with E-state index in [0.717, 1.165) is 28.2 Å². The topological polar surface area (TPSA) is 46.4 Å². The Morgan fingerprint density at radius 1 is 1.11 bits per heavy atom. The molecular weight excluding hydrogens is 393 g/mol. The molecule has 0 unspecified atom stereocenters. The Balaban J connectivity index is 1.68. The van der Waals surface area contributed by atoms with Gasteiger partial charge >= 0.3 is 0 Å². The molecule has 0 saturated heterocycles. The van der Waals surface area contributed by atoms with Crippen LogP contribution in [-0.2, 0) is 11.2 Å². The summed E-state index contributed by atoms with van der Waals surface area (Å²) in [4.78, 5) is 12.0. The average Bonchev–Trinajstić information content (AvgIpc) is 2.96. The minimum Gasteiger partial charge on any atom is -0.316 e. The third kappa shape index (κ3) is 4.83. The van der Waals surface area contributed by atoms with E-state index < -0.39 is 0 Å². The molecule has 3 aromatic rings. The highest BCUT2D eigenvalue weighted by Crippen LogP contribution is 2.28. The summed E-state index contributed by atoms with van der Waals surface area (Å²) in [6.07, 6.45) is 2.72. The second-order valence-electron chi connectivity index (χ2n) is 6.54. The minimum atomic E-state index is -0.119. The van der Waals surface area contributed by atoms with Crippen LogP contribution in [0.5, 0.6) is 0 Å². The predicted octanol–water partition coefficient (Wildman–Crippen LogP) is 5.48. The van der Waals surface area contributed by atoms with Gasteiger partial charge in [-0.2, -0.15) is 5.10 Å². The van der Waals surface area contributed by atoms with Gasteiger partial charge in [0.25, 0.3) is 0 Å². The Morgan fingerprint density at radius 3 is 2.61 bits per heavy atom. The van der Waals surface area contributed by atoms with Crippen molar-refractivity contribution in [3.8, 4) is 5.69 Å². The van der Waals surface area contributed by atoms with Crippen LogP contribution < -0.4 is 5.43 Å². The first-order chi connectivity index (χ1) is 13.5. The third-order valence-electron chi connectivity index (χ3n) is 4.50. The van der Waals surface area contributed by atoms with Crippen LogP contribution in [0.1, 0.15) is 28.9 Å². The molecule has 2 aromatic carbocycles. The van der Waals surface area contributed by atoms with Gasteiger partial charge in [0, 0.05) is 28.4 Å². The van der Waals surface area contributed by atoms with E-state index in [4.69, 9.17) is 23.2 Å². The summed E-state index contributed by atoms with van der Waals surface area (Å²) in [5.41, 5.74) is 7.40. The maximum absolute atomic E-state index is 12.0. The van der Waals surface area contributed by atoms with Gasteiger partial charge in [-0.3, -0.25) is 4.79 Å². The maximum atomic E-state index is 12.0. The van der Waals surface area contributed by atoms with Gasteiger partial charge in [0.2, 0.25) is 5.91 Å². The number of hydrogen-bond donors (Lipinski definition) is 1. The molecule has 0 aliphatic rings. The lowest BCUT2D eigenvalue weighted by atomic mass is 10.1. The van der Waals surface area contributed by atoms with Gasteiger partial charge in [-0.25, -0.2) is 5.43 Å². The molecule has 6 heteroatoms. The zero-order chi connectivity index (χ0) is 20.1. The lowest BCUT2D eigenvalue weighted by Gasteiger charge is -2.12. The van der Waals surface area contributed by atoms with Gasteiger partial charge < -0.3 is 4.57 Å². The van der Waals surface area contributed by atoms with Crippen LogP contribution in [0.2, 0.25) is 10.0 Å². The van der Waals surface area contributed by atoms with Crippen LogP contribution in [0, 0.1) is 13.8 Å². The highest BCUT2D eigenvalue weighted by atomic mass is 35.5. The molecule has 0 fully saturated rings. The molecule has 1 aromatic heterocycles. The van der Waals surface area contributed by atoms with E-state index in [9.17, 15) is 4.79 Å². The number of hydrogen-bond acceptors (Lipinski definition) is 2. The third-order valence-corrected chi connectivity index (χ3v) is 5.05. The molecule has 0 radical (unpaired) electrons. The fourth-order valence-corrected chi connectivity index (χ4v) is 3.45. The standard InChI is InChI=1S/C22H21Cl2N3O/c1-15-12-18(16(2)27(15)21-13-19(23)9-10-20(21)24)14-25-26-22(28)11-8-17-6-4-3-5-7-17/h3-7,9-10,12-14H,8,11H2,1-2H3,(H,26,28)/b25-14-. The van der Waals surface area contributed by atoms with E-state index in [0.29, 0.717) is 22.9 Å². The number of hydrazone groups is 1. The molecule has 0 saturated carbocycles. The normalized spacial score (nSPS) is 11.1. The highest BCUT2D eigenvalue weighted by Gasteiger charge is 2.12. The van der Waals surface area contributed by atoms with E-state index in [1.807, 2.05) is 60.9 Å². The Bertz CT molecular complexity index is 1010. The van der Waals surface area contributed by atoms with Crippen LogP contribution in [-0.4, -0.2) is 16.7 Å². The van der Waals surface area contributed by atoms with Crippen LogP contribution in [0.3, 0.4) is 0 Å². The van der Waals surface area contributed by atoms with Gasteiger partial charge in [-0.1, -0.05) is 53.5 Å². The van der Waals surface area contributed by atoms with Gasteiger partial charge in [0.05, 0.1) is 16.9 Å². The first-order valence-electron chi connectivity index (χ1n) is 8.96. The zero-order valence-corrected chi connectivity index (χ0v) is 17.3. The van der Waals surface area contributed by atoms with Crippen molar-refractivity contribution in [1.29, 1.82) is 0 Å². The van der Waals surface area contributed by atoms with Gasteiger partial charge in [-0.15, -0.1) is 0 Å². The van der Waals surface area contributed by atoms with Crippen LogP contribution in [0.15, 0.2) is 59.7 Å². The second-order valence-corrected chi connectivity index (χ2v) is 7.38. The summed E-state index contributed by atoms with van der Waals surface area (Å²) < 4.78 is 2.02. The number of nitrogens with one attached hydrogen (secondary N) is 1. The molecule has 28 heavy (non-hydrogen) atoms. The lowest BCUT2D eigenvalue weighted by molar-refractivity contribution is -0.121. The summed E-state index contributed by atoms with van der Waals surface area (Å²) in [7, 11) is 0. The average molecular weight is 414 g/mol. The quantitative estimate of drug-likeness (QED) is 0.421. The van der Waals surface area contributed by atoms with Crippen molar-refractivity contribution in [3.63, 3.8) is 0 Å². The van der Waals surface area contributed by atoms with Gasteiger partial charge in [-0.05, 0) is 50.1 Å². The van der Waals surface area contributed by atoms with Crippen molar-refractivity contribution < 1.29 is 4.79 Å². The summed E-state index contributed by atoms with van der Waals surface area (Å²) >= 11 is 12.5. The SMILES string of the molecule is Cc1cc(/C=N\NC(=O)CCc2ccccc2)c(C)n1-c1cc(Cl)ccc1Cl. The second kappa shape index (κ2) is 9.09. The summed E-state index contributed by atoms with van der Waals surface area (Å²) in [6.45, 7) is 3.96. The van der Waals surface area contributed by atoms with Crippen molar-refractivity contribution >= 4 is 35.3 Å². The van der Waals surface area contributed by atoms with Crippen LogP contribution in [0.4, 0.5) is 0 Å². The smallest absolute Gasteiger partial charge is 0.240 e. The number of carbonyl (C=O) groups is 1. The Hall–Kier alpha value is -2.56. The number of rotatable bonds is 6. The molecule has 4 nitrogen and oxygen atoms in total. The molecule has 0 aliphatic heterocycles. The van der Waals surface area contributed by atoms with Crippen molar-refractivity contribution in [2.24, 2.45) is 5.10 Å². The fourth-order valence-electron chi connectivity index (χ4n) is 3.08. The largest absolute Gasteiger partial charge is 0.316 e. The summed E-state index contributed by atoms with van der Waals surface area (Å²) in [6, 6.07) is 17.3. The van der Waals surface area contributed by atoms with Crippen LogP contribution >= 0.6 is 23.2 Å². The van der Waals surface area contributed by atoms with Crippen molar-refractivity contribution in [3.05, 3.63) is 87.2 Å². The van der Waals surface area contributed by atoms with E-state index in [1.54, 1.807) is 18.3 Å². The van der Waals surface area contributed by atoms with E-state index >= 15 is 0 Å². The zero-order valence-electron chi connectivity index (χ0n) is 15.7. The number of aromatic nitrogens is 1. The molecule has 0 aliphatic carbocycles. The maximum Gasteiger partial charge on any atom is 0.240 e. The fraction of sp³-hybridized carbons (Fsp3) is 0.182. The lowest BCUT2D eigenvalue weighted by Crippen LogP contribution is -2.17. The molecule has 0 spiro atoms. The summed E-state index contributed by atoms with van der Waals surface area (Å²) in [5, 5.41) is 5.34. The number of halogens is 2. The predicted molar refractivity (Wildman–Crippen MR) is 116 cm³/mol. The molecule has 0 atom stereocenters. The Kier molecular flexibility index (Phi) is 6.55. The molecule has 1 heterocycles. The van der Waals surface area contributed by atoms with Crippen molar-refractivity contribution in [1.82, 2.24) is 9.99 Å². The Morgan fingerprint density at radius 2 is 1.86 bits per heavy atom. The molecule has 1 amide bonds. The monoisotopic (exact) mass is 413 g/mol. The Labute approximate surface area is 174 Å². The highest BCUT2D eigenvalue weighted by molar-refractivity contribution is 6.34. The van der Waals surface area contributed by atoms with E-state index in [-0.39, 0.29) is 5.91 Å². The molecule has 1 N–H and O–H groups in total. The van der Waals surface area contributed by atoms with Gasteiger partial charge in [0.15, 0.2) is 0 Å². The van der Waals surface area contributed by atoms with Gasteiger partial charge in [0.1, 0.15) is 0 Å². The van der Waals surface area contributed by atoms with Crippen molar-refractivity contribution in [2.45, 2.75) is 26.7 Å². The molecule has 144 valence electrons. The number of carbonyl (C=O) groups excluding carboxylic acids is 1. The van der Waals surface area contributed by atoms with E-state index in [1.165, 1.54) is 0 Å². The molecule has 0 bridgehead atoms. The first kappa shape index (κ1) is 20.2. The molecular formula is C22H21Cl2N3O. The first-order valence-corrected chi connectivity index (χ1v) is 9.71. The number of amides is 1. The molecule has 3 rings (SSSR count). The van der Waals surface area contributed by atoms with Crippen molar-refractivity contribution in [2.75, 3.05) is 0 Å². The number of benzene rings is 2.